The molecule has 0 fully saturated rings. The fourth-order valence-electron chi connectivity index (χ4n) is 2.13. The van der Waals surface area contributed by atoms with Gasteiger partial charge >= 0.3 is 5.97 Å². The highest BCUT2D eigenvalue weighted by Crippen LogP contribution is 2.37. The number of methoxy groups -OCH3 is 1. The summed E-state index contributed by atoms with van der Waals surface area (Å²) in [5.74, 6) is -0.264. The minimum absolute atomic E-state index is 0.127. The average Bonchev–Trinajstić information content (AvgIpc) is 2.68. The third-order valence-electron chi connectivity index (χ3n) is 3.09. The number of hydrogen-bond donors (Lipinski definition) is 0. The Morgan fingerprint density at radius 3 is 2.71 bits per heavy atom. The first kappa shape index (κ1) is 12.1. The second-order valence-corrected chi connectivity index (χ2v) is 5.16. The highest BCUT2D eigenvalue weighted by Gasteiger charge is 2.24. The molecule has 3 heteroatoms. The Morgan fingerprint density at radius 2 is 2.12 bits per heavy atom. The molecule has 0 saturated heterocycles. The molecule has 1 unspecified atom stereocenters. The van der Waals surface area contributed by atoms with Gasteiger partial charge in [0.25, 0.3) is 0 Å². The summed E-state index contributed by atoms with van der Waals surface area (Å²) in [6.45, 7) is 4.10. The van der Waals surface area contributed by atoms with E-state index in [9.17, 15) is 4.79 Å². The first-order valence-electron chi connectivity index (χ1n) is 5.74. The van der Waals surface area contributed by atoms with Crippen molar-refractivity contribution in [3.63, 3.8) is 0 Å². The molecule has 1 atom stereocenters. The van der Waals surface area contributed by atoms with Crippen LogP contribution in [0.3, 0.4) is 0 Å². The summed E-state index contributed by atoms with van der Waals surface area (Å²) in [6.07, 6.45) is 0.778. The summed E-state index contributed by atoms with van der Waals surface area (Å²) < 4.78 is 6.11. The fourth-order valence-corrected chi connectivity index (χ4v) is 3.51. The standard InChI is InChI=1S/C14H16O2S/c1-4-10(14(15)16-3)13-9(2)11-7-5-6-8-12(11)17-13/h5-8,10H,4H2,1-3H3. The van der Waals surface area contributed by atoms with Gasteiger partial charge in [0.1, 0.15) is 0 Å². The lowest BCUT2D eigenvalue weighted by atomic mass is 10.00. The van der Waals surface area contributed by atoms with Crippen LogP contribution in [-0.2, 0) is 9.53 Å². The molecule has 1 heterocycles. The van der Waals surface area contributed by atoms with Crippen molar-refractivity contribution in [3.05, 3.63) is 34.7 Å². The molecule has 0 aliphatic rings. The molecule has 2 nitrogen and oxygen atoms in total. The highest BCUT2D eigenvalue weighted by atomic mass is 32.1. The summed E-state index contributed by atoms with van der Waals surface area (Å²) in [6, 6.07) is 8.27. The normalized spacial score (nSPS) is 12.6. The summed E-state index contributed by atoms with van der Waals surface area (Å²) in [7, 11) is 1.45. The summed E-state index contributed by atoms with van der Waals surface area (Å²) in [4.78, 5) is 12.9. The number of rotatable bonds is 3. The summed E-state index contributed by atoms with van der Waals surface area (Å²) in [5, 5.41) is 1.25. The molecule has 90 valence electrons. The quantitative estimate of drug-likeness (QED) is 0.771. The number of carbonyl (C=O) groups is 1. The number of benzene rings is 1. The second kappa shape index (κ2) is 4.88. The van der Waals surface area contributed by atoms with E-state index in [-0.39, 0.29) is 11.9 Å². The van der Waals surface area contributed by atoms with E-state index in [1.54, 1.807) is 11.3 Å². The molecule has 0 amide bonds. The van der Waals surface area contributed by atoms with Crippen LogP contribution in [0.25, 0.3) is 10.1 Å². The molecule has 0 aliphatic heterocycles. The number of ether oxygens (including phenoxy) is 1. The Morgan fingerprint density at radius 1 is 1.41 bits per heavy atom. The lowest BCUT2D eigenvalue weighted by Gasteiger charge is -2.11. The van der Waals surface area contributed by atoms with Crippen molar-refractivity contribution in [1.82, 2.24) is 0 Å². The van der Waals surface area contributed by atoms with Crippen LogP contribution in [-0.4, -0.2) is 13.1 Å². The molecule has 2 aromatic rings. The molecular weight excluding hydrogens is 232 g/mol. The zero-order chi connectivity index (χ0) is 12.4. The predicted octanol–water partition coefficient (Wildman–Crippen LogP) is 3.88. The second-order valence-electron chi connectivity index (χ2n) is 4.07. The number of thiophene rings is 1. The highest BCUT2D eigenvalue weighted by molar-refractivity contribution is 7.19. The number of aryl methyl sites for hydroxylation is 1. The van der Waals surface area contributed by atoms with Crippen molar-refractivity contribution >= 4 is 27.4 Å². The lowest BCUT2D eigenvalue weighted by molar-refractivity contribution is -0.142. The van der Waals surface area contributed by atoms with Gasteiger partial charge in [0, 0.05) is 9.58 Å². The first-order valence-corrected chi connectivity index (χ1v) is 6.56. The smallest absolute Gasteiger partial charge is 0.313 e. The van der Waals surface area contributed by atoms with Crippen LogP contribution in [0.2, 0.25) is 0 Å². The third-order valence-corrected chi connectivity index (χ3v) is 4.48. The van der Waals surface area contributed by atoms with Crippen molar-refractivity contribution in [2.24, 2.45) is 0 Å². The molecule has 0 N–H and O–H groups in total. The largest absolute Gasteiger partial charge is 0.469 e. The molecule has 1 aromatic carbocycles. The van der Waals surface area contributed by atoms with Crippen LogP contribution < -0.4 is 0 Å². The Labute approximate surface area is 105 Å². The Bertz CT molecular complexity index is 542. The van der Waals surface area contributed by atoms with E-state index in [0.717, 1.165) is 11.3 Å². The number of hydrogen-bond acceptors (Lipinski definition) is 3. The van der Waals surface area contributed by atoms with Gasteiger partial charge in [-0.25, -0.2) is 0 Å². The van der Waals surface area contributed by atoms with Gasteiger partial charge in [0.15, 0.2) is 0 Å². The minimum atomic E-state index is -0.137. The van der Waals surface area contributed by atoms with Crippen molar-refractivity contribution in [2.45, 2.75) is 26.2 Å². The lowest BCUT2D eigenvalue weighted by Crippen LogP contribution is -2.12. The molecule has 0 saturated carbocycles. The molecule has 0 bridgehead atoms. The van der Waals surface area contributed by atoms with Gasteiger partial charge in [-0.05, 0) is 30.4 Å². The average molecular weight is 248 g/mol. The number of esters is 1. The molecular formula is C14H16O2S. The number of fused-ring (bicyclic) bond motifs is 1. The van der Waals surface area contributed by atoms with Crippen molar-refractivity contribution in [1.29, 1.82) is 0 Å². The zero-order valence-electron chi connectivity index (χ0n) is 10.3. The fraction of sp³-hybridized carbons (Fsp3) is 0.357. The van der Waals surface area contributed by atoms with E-state index in [2.05, 4.69) is 19.1 Å². The van der Waals surface area contributed by atoms with Crippen LogP contribution >= 0.6 is 11.3 Å². The molecule has 2 rings (SSSR count). The van der Waals surface area contributed by atoms with E-state index in [4.69, 9.17) is 4.74 Å². The van der Waals surface area contributed by atoms with Crippen LogP contribution in [0.1, 0.15) is 29.7 Å². The predicted molar refractivity (Wildman–Crippen MR) is 71.6 cm³/mol. The summed E-state index contributed by atoms with van der Waals surface area (Å²) in [5.41, 5.74) is 1.21. The van der Waals surface area contributed by atoms with Crippen molar-refractivity contribution < 1.29 is 9.53 Å². The molecule has 0 spiro atoms. The first-order chi connectivity index (χ1) is 8.19. The van der Waals surface area contributed by atoms with Crippen LogP contribution in [0.4, 0.5) is 0 Å². The Kier molecular flexibility index (Phi) is 3.48. The zero-order valence-corrected chi connectivity index (χ0v) is 11.1. The maximum absolute atomic E-state index is 11.8. The van der Waals surface area contributed by atoms with Gasteiger partial charge < -0.3 is 4.74 Å². The van der Waals surface area contributed by atoms with Gasteiger partial charge in [-0.15, -0.1) is 11.3 Å². The van der Waals surface area contributed by atoms with Gasteiger partial charge in [-0.1, -0.05) is 25.1 Å². The maximum Gasteiger partial charge on any atom is 0.313 e. The van der Waals surface area contributed by atoms with E-state index < -0.39 is 0 Å². The SMILES string of the molecule is CCC(C(=O)OC)c1sc2ccccc2c1C. The van der Waals surface area contributed by atoms with E-state index >= 15 is 0 Å². The molecule has 1 aromatic heterocycles. The van der Waals surface area contributed by atoms with Gasteiger partial charge in [-0.2, -0.15) is 0 Å². The van der Waals surface area contributed by atoms with Crippen molar-refractivity contribution in [2.75, 3.05) is 7.11 Å². The van der Waals surface area contributed by atoms with Gasteiger partial charge in [0.2, 0.25) is 0 Å². The van der Waals surface area contributed by atoms with E-state index in [1.807, 2.05) is 19.1 Å². The van der Waals surface area contributed by atoms with Gasteiger partial charge in [-0.3, -0.25) is 4.79 Å². The monoisotopic (exact) mass is 248 g/mol. The van der Waals surface area contributed by atoms with Crippen molar-refractivity contribution in [3.8, 4) is 0 Å². The Hall–Kier alpha value is -1.35. The third kappa shape index (κ3) is 2.07. The number of carbonyl (C=O) groups excluding carboxylic acids is 1. The molecule has 0 radical (unpaired) electrons. The Balaban J connectivity index is 2.54. The maximum atomic E-state index is 11.8. The van der Waals surface area contributed by atoms with Gasteiger partial charge in [0.05, 0.1) is 13.0 Å². The summed E-state index contributed by atoms with van der Waals surface area (Å²) >= 11 is 1.70. The van der Waals surface area contributed by atoms with Crippen LogP contribution in [0.5, 0.6) is 0 Å². The topological polar surface area (TPSA) is 26.3 Å². The van der Waals surface area contributed by atoms with Crippen LogP contribution in [0, 0.1) is 6.92 Å². The van der Waals surface area contributed by atoms with E-state index in [1.165, 1.54) is 22.8 Å². The molecule has 17 heavy (non-hydrogen) atoms. The minimum Gasteiger partial charge on any atom is -0.469 e. The van der Waals surface area contributed by atoms with Crippen LogP contribution in [0.15, 0.2) is 24.3 Å². The van der Waals surface area contributed by atoms with E-state index in [0.29, 0.717) is 0 Å². The molecule has 0 aliphatic carbocycles.